The minimum Gasteiger partial charge on any atom is -0.151 e. The summed E-state index contributed by atoms with van der Waals surface area (Å²) in [6, 6.07) is 12.5. The van der Waals surface area contributed by atoms with Crippen molar-refractivity contribution in [1.29, 1.82) is 0 Å². The maximum absolute atomic E-state index is 6.15. The van der Waals surface area contributed by atoms with Crippen LogP contribution in [0.15, 0.2) is 36.4 Å². The first-order chi connectivity index (χ1) is 6.86. The Kier molecular flexibility index (Phi) is 1.96. The molecule has 1 atom stereocenters. The average Bonchev–Trinajstić information content (AvgIpc) is 3.03. The van der Waals surface area contributed by atoms with Crippen molar-refractivity contribution in [3.63, 3.8) is 0 Å². The highest BCUT2D eigenvalue weighted by Gasteiger charge is 2.26. The Morgan fingerprint density at radius 3 is 2.50 bits per heavy atom. The van der Waals surface area contributed by atoms with E-state index in [1.807, 2.05) is 23.9 Å². The highest BCUT2D eigenvalue weighted by atomic mass is 35.5. The van der Waals surface area contributed by atoms with Crippen LogP contribution in [0.5, 0.6) is 0 Å². The molecule has 1 saturated heterocycles. The predicted octanol–water partition coefficient (Wildman–Crippen LogP) is 4.28. The molecule has 1 heterocycles. The topological polar surface area (TPSA) is 0 Å². The van der Waals surface area contributed by atoms with Gasteiger partial charge in [-0.15, -0.1) is 0 Å². The summed E-state index contributed by atoms with van der Waals surface area (Å²) in [5.41, 5.74) is 1.44. The zero-order valence-corrected chi connectivity index (χ0v) is 9.11. The molecule has 2 aromatic rings. The molecule has 0 aliphatic carbocycles. The van der Waals surface area contributed by atoms with E-state index < -0.39 is 0 Å². The van der Waals surface area contributed by atoms with Crippen LogP contribution in [0.1, 0.15) is 10.8 Å². The Morgan fingerprint density at radius 1 is 1.07 bits per heavy atom. The number of halogens is 1. The lowest BCUT2D eigenvalue weighted by atomic mass is 10.0. The highest BCUT2D eigenvalue weighted by Crippen LogP contribution is 2.48. The van der Waals surface area contributed by atoms with Crippen molar-refractivity contribution in [3.8, 4) is 0 Å². The molecular weight excluding hydrogens is 212 g/mol. The second-order valence-corrected chi connectivity index (χ2v) is 5.15. The van der Waals surface area contributed by atoms with Crippen molar-refractivity contribution >= 4 is 34.1 Å². The van der Waals surface area contributed by atoms with Crippen molar-refractivity contribution in [2.75, 3.05) is 5.75 Å². The number of thioether (sulfide) groups is 1. The summed E-state index contributed by atoms with van der Waals surface area (Å²) in [7, 11) is 0. The van der Waals surface area contributed by atoms with E-state index in [2.05, 4.69) is 24.3 Å². The minimum atomic E-state index is 0.706. The molecule has 70 valence electrons. The molecule has 2 heteroatoms. The van der Waals surface area contributed by atoms with Gasteiger partial charge in [-0.05, 0) is 17.0 Å². The standard InChI is InChI=1S/C12H9ClS/c13-11-6-5-10(12-7-14-12)8-3-1-2-4-9(8)11/h1-6,12H,7H2. The van der Waals surface area contributed by atoms with Crippen LogP contribution in [0.3, 0.4) is 0 Å². The summed E-state index contributed by atoms with van der Waals surface area (Å²) in [4.78, 5) is 0. The smallest absolute Gasteiger partial charge is 0.0484 e. The molecule has 0 bridgehead atoms. The first kappa shape index (κ1) is 8.63. The maximum Gasteiger partial charge on any atom is 0.0484 e. The third-order valence-corrected chi connectivity index (χ3v) is 3.83. The lowest BCUT2D eigenvalue weighted by molar-refractivity contribution is 1.26. The Bertz CT molecular complexity index is 489. The van der Waals surface area contributed by atoms with E-state index in [1.54, 1.807) is 0 Å². The van der Waals surface area contributed by atoms with Crippen molar-refractivity contribution < 1.29 is 0 Å². The van der Waals surface area contributed by atoms with E-state index >= 15 is 0 Å². The van der Waals surface area contributed by atoms with Gasteiger partial charge in [0, 0.05) is 21.4 Å². The monoisotopic (exact) mass is 220 g/mol. The number of hydrogen-bond donors (Lipinski definition) is 0. The summed E-state index contributed by atoms with van der Waals surface area (Å²) in [5.74, 6) is 1.26. The van der Waals surface area contributed by atoms with Crippen LogP contribution in [0, 0.1) is 0 Å². The largest absolute Gasteiger partial charge is 0.151 e. The van der Waals surface area contributed by atoms with E-state index in [4.69, 9.17) is 11.6 Å². The van der Waals surface area contributed by atoms with Gasteiger partial charge in [0.05, 0.1) is 0 Å². The van der Waals surface area contributed by atoms with Gasteiger partial charge in [0.1, 0.15) is 0 Å². The molecule has 1 aliphatic heterocycles. The maximum atomic E-state index is 6.15. The second-order valence-electron chi connectivity index (χ2n) is 3.50. The number of fused-ring (bicyclic) bond motifs is 1. The van der Waals surface area contributed by atoms with Crippen LogP contribution in [0.25, 0.3) is 10.8 Å². The zero-order valence-electron chi connectivity index (χ0n) is 7.53. The third-order valence-electron chi connectivity index (χ3n) is 2.58. The first-order valence-electron chi connectivity index (χ1n) is 4.65. The lowest BCUT2D eigenvalue weighted by Gasteiger charge is -2.05. The van der Waals surface area contributed by atoms with Crippen LogP contribution >= 0.6 is 23.4 Å². The molecule has 0 N–H and O–H groups in total. The van der Waals surface area contributed by atoms with Crippen LogP contribution in [-0.2, 0) is 0 Å². The van der Waals surface area contributed by atoms with Gasteiger partial charge in [-0.2, -0.15) is 11.8 Å². The molecule has 0 saturated carbocycles. The first-order valence-corrected chi connectivity index (χ1v) is 6.08. The van der Waals surface area contributed by atoms with E-state index in [0.29, 0.717) is 5.25 Å². The van der Waals surface area contributed by atoms with E-state index in [-0.39, 0.29) is 0 Å². The molecule has 3 rings (SSSR count). The summed E-state index contributed by atoms with van der Waals surface area (Å²) in [5, 5.41) is 4.06. The Hall–Kier alpha value is -0.660. The van der Waals surface area contributed by atoms with Crippen molar-refractivity contribution in [3.05, 3.63) is 47.0 Å². The van der Waals surface area contributed by atoms with Crippen LogP contribution in [0.2, 0.25) is 5.02 Å². The van der Waals surface area contributed by atoms with Crippen LogP contribution < -0.4 is 0 Å². The van der Waals surface area contributed by atoms with Gasteiger partial charge in [-0.1, -0.05) is 41.9 Å². The summed E-state index contributed by atoms with van der Waals surface area (Å²) in [6.45, 7) is 0. The summed E-state index contributed by atoms with van der Waals surface area (Å²) in [6.07, 6.45) is 0. The van der Waals surface area contributed by atoms with E-state index in [0.717, 1.165) is 5.02 Å². The molecule has 2 aromatic carbocycles. The summed E-state index contributed by atoms with van der Waals surface area (Å²) >= 11 is 8.15. The Morgan fingerprint density at radius 2 is 1.79 bits per heavy atom. The molecule has 0 nitrogen and oxygen atoms in total. The van der Waals surface area contributed by atoms with Crippen LogP contribution in [0.4, 0.5) is 0 Å². The molecule has 1 unspecified atom stereocenters. The number of hydrogen-bond acceptors (Lipinski definition) is 1. The molecule has 14 heavy (non-hydrogen) atoms. The minimum absolute atomic E-state index is 0.706. The Balaban J connectivity index is 2.35. The van der Waals surface area contributed by atoms with Gasteiger partial charge in [0.2, 0.25) is 0 Å². The van der Waals surface area contributed by atoms with E-state index in [9.17, 15) is 0 Å². The summed E-state index contributed by atoms with van der Waals surface area (Å²) < 4.78 is 0. The fourth-order valence-electron chi connectivity index (χ4n) is 1.79. The SMILES string of the molecule is Clc1ccc(C2CS2)c2ccccc12. The van der Waals surface area contributed by atoms with Gasteiger partial charge in [0.15, 0.2) is 0 Å². The quantitative estimate of drug-likeness (QED) is 0.647. The average molecular weight is 221 g/mol. The second kappa shape index (κ2) is 3.18. The fraction of sp³-hybridized carbons (Fsp3) is 0.167. The lowest BCUT2D eigenvalue weighted by Crippen LogP contribution is -1.83. The molecule has 0 aromatic heterocycles. The van der Waals surface area contributed by atoms with Crippen molar-refractivity contribution in [2.24, 2.45) is 0 Å². The van der Waals surface area contributed by atoms with Gasteiger partial charge >= 0.3 is 0 Å². The molecule has 0 amide bonds. The fourth-order valence-corrected chi connectivity index (χ4v) is 2.68. The zero-order chi connectivity index (χ0) is 9.54. The number of rotatable bonds is 1. The van der Waals surface area contributed by atoms with Gasteiger partial charge in [-0.3, -0.25) is 0 Å². The van der Waals surface area contributed by atoms with Gasteiger partial charge in [0.25, 0.3) is 0 Å². The molecular formula is C12H9ClS. The van der Waals surface area contributed by atoms with Crippen LogP contribution in [-0.4, -0.2) is 5.75 Å². The molecule has 0 spiro atoms. The Labute approximate surface area is 92.3 Å². The van der Waals surface area contributed by atoms with Gasteiger partial charge in [-0.25, -0.2) is 0 Å². The normalized spacial score (nSPS) is 19.9. The predicted molar refractivity (Wildman–Crippen MR) is 64.2 cm³/mol. The highest BCUT2D eigenvalue weighted by molar-refractivity contribution is 8.06. The third kappa shape index (κ3) is 1.32. The number of benzene rings is 2. The molecule has 1 aliphatic rings. The van der Waals surface area contributed by atoms with Crippen molar-refractivity contribution in [1.82, 2.24) is 0 Å². The molecule has 0 radical (unpaired) electrons. The van der Waals surface area contributed by atoms with Gasteiger partial charge < -0.3 is 0 Å². The van der Waals surface area contributed by atoms with E-state index in [1.165, 1.54) is 22.1 Å². The molecule has 1 fully saturated rings. The van der Waals surface area contributed by atoms with Crippen molar-refractivity contribution in [2.45, 2.75) is 5.25 Å².